The van der Waals surface area contributed by atoms with Gasteiger partial charge in [0.15, 0.2) is 0 Å². The lowest BCUT2D eigenvalue weighted by Gasteiger charge is -2.14. The standard InChI is InChI=1S/C12H19NO/c1-3-13-10-9-11(2)14-12-7-5-4-6-8-12/h4-8,11,13H,3,9-10H2,1-2H3. The van der Waals surface area contributed by atoms with Gasteiger partial charge in [-0.1, -0.05) is 25.1 Å². The Kier molecular flexibility index (Phi) is 5.08. The number of para-hydroxylation sites is 1. The van der Waals surface area contributed by atoms with E-state index in [2.05, 4.69) is 19.2 Å². The molecule has 0 spiro atoms. The van der Waals surface area contributed by atoms with Crippen LogP contribution >= 0.6 is 0 Å². The molecule has 1 unspecified atom stereocenters. The second-order valence-corrected chi connectivity index (χ2v) is 3.38. The van der Waals surface area contributed by atoms with Crippen LogP contribution < -0.4 is 10.1 Å². The molecule has 0 aliphatic rings. The van der Waals surface area contributed by atoms with Crippen LogP contribution in [0.4, 0.5) is 0 Å². The minimum atomic E-state index is 0.274. The second kappa shape index (κ2) is 6.44. The molecule has 0 aliphatic carbocycles. The first-order chi connectivity index (χ1) is 6.83. The molecule has 1 aromatic carbocycles. The quantitative estimate of drug-likeness (QED) is 0.701. The fourth-order valence-corrected chi connectivity index (χ4v) is 1.27. The summed E-state index contributed by atoms with van der Waals surface area (Å²) in [4.78, 5) is 0. The van der Waals surface area contributed by atoms with Crippen LogP contribution in [-0.2, 0) is 0 Å². The van der Waals surface area contributed by atoms with E-state index < -0.39 is 0 Å². The third-order valence-corrected chi connectivity index (χ3v) is 2.06. The zero-order chi connectivity index (χ0) is 10.2. The highest BCUT2D eigenvalue weighted by atomic mass is 16.5. The highest BCUT2D eigenvalue weighted by Crippen LogP contribution is 2.11. The van der Waals surface area contributed by atoms with Gasteiger partial charge in [0, 0.05) is 0 Å². The molecule has 1 rings (SSSR count). The van der Waals surface area contributed by atoms with Crippen molar-refractivity contribution in [1.29, 1.82) is 0 Å². The molecule has 78 valence electrons. The van der Waals surface area contributed by atoms with Gasteiger partial charge >= 0.3 is 0 Å². The van der Waals surface area contributed by atoms with Crippen molar-refractivity contribution in [2.24, 2.45) is 0 Å². The fourth-order valence-electron chi connectivity index (χ4n) is 1.27. The van der Waals surface area contributed by atoms with Gasteiger partial charge in [-0.3, -0.25) is 0 Å². The summed E-state index contributed by atoms with van der Waals surface area (Å²) < 4.78 is 5.72. The van der Waals surface area contributed by atoms with E-state index in [1.54, 1.807) is 0 Å². The van der Waals surface area contributed by atoms with Crippen LogP contribution in [0.2, 0.25) is 0 Å². The van der Waals surface area contributed by atoms with Gasteiger partial charge in [-0.2, -0.15) is 0 Å². The molecular weight excluding hydrogens is 174 g/mol. The third kappa shape index (κ3) is 4.28. The Morgan fingerprint density at radius 1 is 1.29 bits per heavy atom. The van der Waals surface area contributed by atoms with Gasteiger partial charge in [0.2, 0.25) is 0 Å². The summed E-state index contributed by atoms with van der Waals surface area (Å²) >= 11 is 0. The van der Waals surface area contributed by atoms with Crippen molar-refractivity contribution in [3.63, 3.8) is 0 Å². The molecule has 1 N–H and O–H groups in total. The van der Waals surface area contributed by atoms with Gasteiger partial charge in [0.25, 0.3) is 0 Å². The minimum absolute atomic E-state index is 0.274. The van der Waals surface area contributed by atoms with Crippen molar-refractivity contribution in [3.8, 4) is 5.75 Å². The lowest BCUT2D eigenvalue weighted by Crippen LogP contribution is -2.21. The number of rotatable bonds is 6. The van der Waals surface area contributed by atoms with Gasteiger partial charge in [0.1, 0.15) is 5.75 Å². The SMILES string of the molecule is CCNCCC(C)Oc1ccccc1. The molecule has 0 radical (unpaired) electrons. The average molecular weight is 193 g/mol. The summed E-state index contributed by atoms with van der Waals surface area (Å²) in [5.74, 6) is 0.955. The van der Waals surface area contributed by atoms with E-state index in [4.69, 9.17) is 4.74 Å². The summed E-state index contributed by atoms with van der Waals surface area (Å²) in [6.45, 7) is 6.26. The Labute approximate surface area is 86.3 Å². The summed E-state index contributed by atoms with van der Waals surface area (Å²) in [5.41, 5.74) is 0. The normalized spacial score (nSPS) is 12.4. The van der Waals surface area contributed by atoms with Crippen LogP contribution in [0.15, 0.2) is 30.3 Å². The maximum absolute atomic E-state index is 5.72. The monoisotopic (exact) mass is 193 g/mol. The van der Waals surface area contributed by atoms with Crippen LogP contribution in [-0.4, -0.2) is 19.2 Å². The van der Waals surface area contributed by atoms with Crippen molar-refractivity contribution >= 4 is 0 Å². The number of ether oxygens (including phenoxy) is 1. The molecule has 14 heavy (non-hydrogen) atoms. The van der Waals surface area contributed by atoms with E-state index in [0.717, 1.165) is 25.3 Å². The van der Waals surface area contributed by atoms with Gasteiger partial charge < -0.3 is 10.1 Å². The van der Waals surface area contributed by atoms with E-state index in [-0.39, 0.29) is 6.10 Å². The Balaban J connectivity index is 2.23. The number of benzene rings is 1. The van der Waals surface area contributed by atoms with Crippen LogP contribution in [0.1, 0.15) is 20.3 Å². The van der Waals surface area contributed by atoms with Crippen LogP contribution in [0.5, 0.6) is 5.75 Å². The van der Waals surface area contributed by atoms with Crippen molar-refractivity contribution in [2.75, 3.05) is 13.1 Å². The van der Waals surface area contributed by atoms with E-state index in [9.17, 15) is 0 Å². The number of hydrogen-bond donors (Lipinski definition) is 1. The van der Waals surface area contributed by atoms with Crippen molar-refractivity contribution in [3.05, 3.63) is 30.3 Å². The molecule has 0 saturated heterocycles. The van der Waals surface area contributed by atoms with Crippen molar-refractivity contribution < 1.29 is 4.74 Å². The van der Waals surface area contributed by atoms with Crippen LogP contribution in [0.3, 0.4) is 0 Å². The Morgan fingerprint density at radius 3 is 2.64 bits per heavy atom. The molecule has 0 amide bonds. The molecule has 2 nitrogen and oxygen atoms in total. The van der Waals surface area contributed by atoms with E-state index in [1.165, 1.54) is 0 Å². The Bertz CT molecular complexity index is 235. The van der Waals surface area contributed by atoms with Gasteiger partial charge in [-0.05, 0) is 38.6 Å². The largest absolute Gasteiger partial charge is 0.491 e. The first-order valence-electron chi connectivity index (χ1n) is 5.25. The summed E-state index contributed by atoms with van der Waals surface area (Å²) in [6, 6.07) is 9.96. The first-order valence-corrected chi connectivity index (χ1v) is 5.25. The van der Waals surface area contributed by atoms with Crippen molar-refractivity contribution in [1.82, 2.24) is 5.32 Å². The van der Waals surface area contributed by atoms with Crippen LogP contribution in [0, 0.1) is 0 Å². The molecule has 0 bridgehead atoms. The van der Waals surface area contributed by atoms with Crippen LogP contribution in [0.25, 0.3) is 0 Å². The predicted octanol–water partition coefficient (Wildman–Crippen LogP) is 2.45. The molecule has 0 fully saturated rings. The van der Waals surface area contributed by atoms with Crippen molar-refractivity contribution in [2.45, 2.75) is 26.4 Å². The molecule has 2 heteroatoms. The zero-order valence-electron chi connectivity index (χ0n) is 8.99. The molecule has 0 saturated carbocycles. The molecule has 0 aliphatic heterocycles. The topological polar surface area (TPSA) is 21.3 Å². The first kappa shape index (κ1) is 11.1. The molecule has 1 aromatic rings. The highest BCUT2D eigenvalue weighted by molar-refractivity contribution is 5.21. The molecule has 0 heterocycles. The summed E-state index contributed by atoms with van der Waals surface area (Å²) in [6.07, 6.45) is 1.32. The lowest BCUT2D eigenvalue weighted by molar-refractivity contribution is 0.210. The van der Waals surface area contributed by atoms with Gasteiger partial charge in [-0.15, -0.1) is 0 Å². The van der Waals surface area contributed by atoms with Gasteiger partial charge in [-0.25, -0.2) is 0 Å². The fraction of sp³-hybridized carbons (Fsp3) is 0.500. The predicted molar refractivity (Wildman–Crippen MR) is 59.7 cm³/mol. The highest BCUT2D eigenvalue weighted by Gasteiger charge is 2.02. The van der Waals surface area contributed by atoms with E-state index in [0.29, 0.717) is 0 Å². The Hall–Kier alpha value is -1.02. The second-order valence-electron chi connectivity index (χ2n) is 3.38. The maximum atomic E-state index is 5.72. The maximum Gasteiger partial charge on any atom is 0.119 e. The third-order valence-electron chi connectivity index (χ3n) is 2.06. The number of nitrogens with one attached hydrogen (secondary N) is 1. The smallest absolute Gasteiger partial charge is 0.119 e. The van der Waals surface area contributed by atoms with E-state index >= 15 is 0 Å². The van der Waals surface area contributed by atoms with E-state index in [1.807, 2.05) is 30.3 Å². The molecule has 1 atom stereocenters. The lowest BCUT2D eigenvalue weighted by atomic mass is 10.2. The zero-order valence-corrected chi connectivity index (χ0v) is 8.99. The summed E-state index contributed by atoms with van der Waals surface area (Å²) in [5, 5.41) is 3.28. The average Bonchev–Trinajstić information content (AvgIpc) is 2.20. The Morgan fingerprint density at radius 2 is 2.00 bits per heavy atom. The molecular formula is C12H19NO. The minimum Gasteiger partial charge on any atom is -0.491 e. The number of hydrogen-bond acceptors (Lipinski definition) is 2. The molecule has 0 aromatic heterocycles. The van der Waals surface area contributed by atoms with Gasteiger partial charge in [0.05, 0.1) is 6.10 Å². The summed E-state index contributed by atoms with van der Waals surface area (Å²) in [7, 11) is 0.